The summed E-state index contributed by atoms with van der Waals surface area (Å²) in [4.78, 5) is 14.3. The third-order valence-electron chi connectivity index (χ3n) is 3.94. The Morgan fingerprint density at radius 2 is 1.96 bits per heavy atom. The Kier molecular flexibility index (Phi) is 6.62. The highest BCUT2D eigenvalue weighted by Crippen LogP contribution is 2.28. The van der Waals surface area contributed by atoms with E-state index in [9.17, 15) is 13.2 Å². The molecule has 1 aliphatic heterocycles. The number of carbonyl (C=O) groups excluding carboxylic acids is 1. The number of carbonyl (C=O) groups is 1. The Balaban J connectivity index is 2.12. The minimum atomic E-state index is -3.65. The molecule has 8 heteroatoms. The number of benzene rings is 1. The van der Waals surface area contributed by atoms with E-state index < -0.39 is 10.0 Å². The molecule has 0 atom stereocenters. The molecule has 134 valence electrons. The Hall–Kier alpha value is -1.15. The second kappa shape index (κ2) is 8.29. The van der Waals surface area contributed by atoms with Gasteiger partial charge in [-0.05, 0) is 58.1 Å². The van der Waals surface area contributed by atoms with Gasteiger partial charge in [0.15, 0.2) is 0 Å². The van der Waals surface area contributed by atoms with Crippen molar-refractivity contribution in [2.45, 2.75) is 24.2 Å². The zero-order valence-electron chi connectivity index (χ0n) is 14.1. The van der Waals surface area contributed by atoms with Crippen LogP contribution in [0, 0.1) is 0 Å². The van der Waals surface area contributed by atoms with Gasteiger partial charge in [0.05, 0.1) is 5.02 Å². The van der Waals surface area contributed by atoms with E-state index in [4.69, 9.17) is 11.6 Å². The van der Waals surface area contributed by atoms with Crippen molar-refractivity contribution in [1.29, 1.82) is 0 Å². The van der Waals surface area contributed by atoms with Crippen LogP contribution < -0.4 is 5.32 Å². The first-order valence-electron chi connectivity index (χ1n) is 8.05. The lowest BCUT2D eigenvalue weighted by atomic mass is 10.2. The second-order valence-corrected chi connectivity index (χ2v) is 8.48. The molecule has 0 aromatic heterocycles. The van der Waals surface area contributed by atoms with Crippen LogP contribution >= 0.6 is 11.6 Å². The Morgan fingerprint density at radius 3 is 2.58 bits per heavy atom. The first-order chi connectivity index (χ1) is 11.3. The van der Waals surface area contributed by atoms with Crippen LogP contribution in [-0.2, 0) is 10.0 Å². The highest BCUT2D eigenvalue weighted by atomic mass is 35.5. The minimum absolute atomic E-state index is 0.00649. The van der Waals surface area contributed by atoms with Gasteiger partial charge >= 0.3 is 0 Å². The van der Waals surface area contributed by atoms with Gasteiger partial charge in [0.25, 0.3) is 5.91 Å². The summed E-state index contributed by atoms with van der Waals surface area (Å²) in [5.74, 6) is -0.289. The van der Waals surface area contributed by atoms with Gasteiger partial charge in [-0.25, -0.2) is 8.42 Å². The van der Waals surface area contributed by atoms with Crippen LogP contribution in [0.25, 0.3) is 0 Å². The topological polar surface area (TPSA) is 69.7 Å². The van der Waals surface area contributed by atoms with E-state index in [0.717, 1.165) is 25.8 Å². The van der Waals surface area contributed by atoms with Gasteiger partial charge in [0.1, 0.15) is 4.90 Å². The maximum atomic E-state index is 12.7. The van der Waals surface area contributed by atoms with Crippen molar-refractivity contribution in [3.63, 3.8) is 0 Å². The highest BCUT2D eigenvalue weighted by Gasteiger charge is 2.29. The van der Waals surface area contributed by atoms with E-state index in [1.54, 1.807) is 6.07 Å². The van der Waals surface area contributed by atoms with Crippen LogP contribution in [0.15, 0.2) is 23.1 Å². The molecule has 0 spiro atoms. The number of nitrogens with zero attached hydrogens (tertiary/aromatic N) is 2. The average molecular weight is 374 g/mol. The summed E-state index contributed by atoms with van der Waals surface area (Å²) in [6.07, 6.45) is 2.52. The van der Waals surface area contributed by atoms with Gasteiger partial charge in [-0.2, -0.15) is 4.31 Å². The average Bonchev–Trinajstić information content (AvgIpc) is 3.06. The Bertz CT molecular complexity index is 686. The second-order valence-electron chi connectivity index (χ2n) is 6.17. The first-order valence-corrected chi connectivity index (χ1v) is 9.87. The van der Waals surface area contributed by atoms with E-state index in [1.165, 1.54) is 16.4 Å². The maximum absolute atomic E-state index is 12.7. The van der Waals surface area contributed by atoms with E-state index in [-0.39, 0.29) is 15.8 Å². The van der Waals surface area contributed by atoms with Crippen LogP contribution in [0.3, 0.4) is 0 Å². The van der Waals surface area contributed by atoms with Gasteiger partial charge in [-0.15, -0.1) is 0 Å². The SMILES string of the molecule is CN(C)CCCNC(=O)c1ccc(Cl)c(S(=O)(=O)N2CCCC2)c1. The molecule has 0 saturated carbocycles. The summed E-state index contributed by atoms with van der Waals surface area (Å²) < 4.78 is 26.8. The molecular formula is C16H24ClN3O3S. The molecule has 1 heterocycles. The molecule has 2 rings (SSSR count). The molecular weight excluding hydrogens is 350 g/mol. The molecule has 1 amide bonds. The lowest BCUT2D eigenvalue weighted by molar-refractivity contribution is 0.0952. The summed E-state index contributed by atoms with van der Waals surface area (Å²) in [6, 6.07) is 4.39. The molecule has 0 radical (unpaired) electrons. The largest absolute Gasteiger partial charge is 0.352 e. The van der Waals surface area contributed by atoms with Crippen molar-refractivity contribution in [1.82, 2.24) is 14.5 Å². The van der Waals surface area contributed by atoms with Crippen molar-refractivity contribution in [2.75, 3.05) is 40.3 Å². The third kappa shape index (κ3) is 4.69. The Morgan fingerprint density at radius 1 is 1.29 bits per heavy atom. The van der Waals surface area contributed by atoms with Crippen LogP contribution in [0.4, 0.5) is 0 Å². The predicted molar refractivity (Wildman–Crippen MR) is 94.9 cm³/mol. The van der Waals surface area contributed by atoms with E-state index in [1.807, 2.05) is 19.0 Å². The van der Waals surface area contributed by atoms with Crippen molar-refractivity contribution in [3.8, 4) is 0 Å². The van der Waals surface area contributed by atoms with Crippen molar-refractivity contribution < 1.29 is 13.2 Å². The fourth-order valence-electron chi connectivity index (χ4n) is 2.61. The number of sulfonamides is 1. The van der Waals surface area contributed by atoms with Crippen molar-refractivity contribution in [2.24, 2.45) is 0 Å². The summed E-state index contributed by atoms with van der Waals surface area (Å²) in [5.41, 5.74) is 0.307. The van der Waals surface area contributed by atoms with Gasteiger partial charge in [-0.3, -0.25) is 4.79 Å². The third-order valence-corrected chi connectivity index (χ3v) is 6.32. The summed E-state index contributed by atoms with van der Waals surface area (Å²) in [5, 5.41) is 2.95. The number of hydrogen-bond acceptors (Lipinski definition) is 4. The summed E-state index contributed by atoms with van der Waals surface area (Å²) in [7, 11) is 0.290. The fourth-order valence-corrected chi connectivity index (χ4v) is 4.63. The van der Waals surface area contributed by atoms with Crippen LogP contribution in [0.2, 0.25) is 5.02 Å². The molecule has 1 fully saturated rings. The van der Waals surface area contributed by atoms with Crippen LogP contribution in [0.1, 0.15) is 29.6 Å². The maximum Gasteiger partial charge on any atom is 0.251 e. The van der Waals surface area contributed by atoms with Gasteiger partial charge in [-0.1, -0.05) is 11.6 Å². The molecule has 1 N–H and O–H groups in total. The lowest BCUT2D eigenvalue weighted by Crippen LogP contribution is -2.29. The molecule has 6 nitrogen and oxygen atoms in total. The fraction of sp³-hybridized carbons (Fsp3) is 0.562. The van der Waals surface area contributed by atoms with Gasteiger partial charge in [0, 0.05) is 25.2 Å². The number of halogens is 1. The molecule has 0 unspecified atom stereocenters. The monoisotopic (exact) mass is 373 g/mol. The quantitative estimate of drug-likeness (QED) is 0.740. The number of rotatable bonds is 7. The molecule has 0 bridgehead atoms. The first kappa shape index (κ1) is 19.2. The van der Waals surface area contributed by atoms with E-state index >= 15 is 0 Å². The predicted octanol–water partition coefficient (Wildman–Crippen LogP) is 1.81. The summed E-state index contributed by atoms with van der Waals surface area (Å²) in [6.45, 7) is 2.41. The van der Waals surface area contributed by atoms with Crippen LogP contribution in [-0.4, -0.2) is 63.8 Å². The van der Waals surface area contributed by atoms with E-state index in [2.05, 4.69) is 5.32 Å². The van der Waals surface area contributed by atoms with Gasteiger partial charge < -0.3 is 10.2 Å². The summed E-state index contributed by atoms with van der Waals surface area (Å²) >= 11 is 6.08. The molecule has 1 aromatic rings. The molecule has 1 aromatic carbocycles. The molecule has 0 aliphatic carbocycles. The van der Waals surface area contributed by atoms with E-state index in [0.29, 0.717) is 25.2 Å². The Labute approximate surface area is 148 Å². The van der Waals surface area contributed by atoms with Crippen molar-refractivity contribution in [3.05, 3.63) is 28.8 Å². The number of hydrogen-bond donors (Lipinski definition) is 1. The number of amides is 1. The molecule has 1 aliphatic rings. The zero-order chi connectivity index (χ0) is 17.7. The zero-order valence-corrected chi connectivity index (χ0v) is 15.7. The van der Waals surface area contributed by atoms with Crippen molar-refractivity contribution >= 4 is 27.5 Å². The standard InChI is InChI=1S/C16H24ClN3O3S/c1-19(2)9-5-8-18-16(21)13-6-7-14(17)15(12-13)24(22,23)20-10-3-4-11-20/h6-7,12H,3-5,8-11H2,1-2H3,(H,18,21). The van der Waals surface area contributed by atoms with Gasteiger partial charge in [0.2, 0.25) is 10.0 Å². The molecule has 1 saturated heterocycles. The lowest BCUT2D eigenvalue weighted by Gasteiger charge is -2.17. The smallest absolute Gasteiger partial charge is 0.251 e. The molecule has 24 heavy (non-hydrogen) atoms. The highest BCUT2D eigenvalue weighted by molar-refractivity contribution is 7.89. The van der Waals surface area contributed by atoms with Crippen LogP contribution in [0.5, 0.6) is 0 Å². The normalized spacial score (nSPS) is 15.8. The number of nitrogens with one attached hydrogen (secondary N) is 1. The minimum Gasteiger partial charge on any atom is -0.352 e.